The van der Waals surface area contributed by atoms with Crippen LogP contribution in [0.4, 0.5) is 0 Å². The zero-order valence-corrected chi connectivity index (χ0v) is 50.4. The summed E-state index contributed by atoms with van der Waals surface area (Å²) in [4.78, 5) is 38.2. The lowest BCUT2D eigenvalue weighted by molar-refractivity contribution is -0.167. The smallest absolute Gasteiger partial charge is 0.306 e. The van der Waals surface area contributed by atoms with Crippen molar-refractivity contribution in [2.24, 2.45) is 0 Å². The molecule has 0 aliphatic heterocycles. The lowest BCUT2D eigenvalue weighted by Crippen LogP contribution is -2.30. The van der Waals surface area contributed by atoms with Crippen molar-refractivity contribution >= 4 is 17.9 Å². The topological polar surface area (TPSA) is 78.9 Å². The Bertz CT molecular complexity index is 1710. The number of unbranched alkanes of at least 4 members (excludes halogenated alkanes) is 21. The first-order valence-corrected chi connectivity index (χ1v) is 31.8. The molecule has 6 heteroatoms. The molecular weight excluding hydrogens is 961 g/mol. The van der Waals surface area contributed by atoms with Crippen LogP contribution >= 0.6 is 0 Å². The molecule has 0 bridgehead atoms. The highest BCUT2D eigenvalue weighted by molar-refractivity contribution is 5.71. The minimum absolute atomic E-state index is 0.103. The quantitative estimate of drug-likeness (QED) is 0.0261. The Labute approximate surface area is 480 Å². The highest BCUT2D eigenvalue weighted by Gasteiger charge is 2.19. The van der Waals surface area contributed by atoms with Crippen LogP contribution in [0.25, 0.3) is 0 Å². The number of hydrogen-bond acceptors (Lipinski definition) is 6. The van der Waals surface area contributed by atoms with E-state index in [-0.39, 0.29) is 31.1 Å². The molecule has 0 aromatic heterocycles. The van der Waals surface area contributed by atoms with Crippen LogP contribution in [0.5, 0.6) is 0 Å². The normalized spacial score (nSPS) is 13.1. The van der Waals surface area contributed by atoms with Crippen molar-refractivity contribution in [2.75, 3.05) is 13.2 Å². The summed E-state index contributed by atoms with van der Waals surface area (Å²) in [5, 5.41) is 0. The Morgan fingerprint density at radius 1 is 0.269 bits per heavy atom. The molecule has 0 saturated carbocycles. The minimum Gasteiger partial charge on any atom is -0.462 e. The number of ether oxygens (including phenoxy) is 3. The van der Waals surface area contributed by atoms with E-state index in [1.807, 2.05) is 0 Å². The second-order valence-corrected chi connectivity index (χ2v) is 20.6. The molecule has 0 amide bonds. The predicted molar refractivity (Wildman–Crippen MR) is 339 cm³/mol. The first-order valence-electron chi connectivity index (χ1n) is 31.8. The van der Waals surface area contributed by atoms with E-state index in [4.69, 9.17) is 14.2 Å². The standard InChI is InChI=1S/C72H116O6/c1-4-7-10-13-16-19-22-25-27-29-30-31-32-33-34-35-36-37-38-39-40-41-42-43-45-47-50-53-56-59-62-65-71(74)77-68-69(67-76-70(73)64-61-58-55-52-49-46-24-21-18-15-12-9-6-3)78-72(75)66-63-60-57-54-51-48-44-28-26-23-20-17-14-11-8-5-2/h7,10,16,19-21,23-25,27-28,30-31,33-34,36-37,39-40,42-44,47,50,69H,4-6,8-9,11-15,17-18,22,26,29,32,35,38,41,45-46,48-49,51-68H2,1-3H3/b10-7-,19-16-,23-20-,24-21-,27-25-,31-30-,34-33-,37-36-,40-39-,43-42-,44-28-,50-47-. The van der Waals surface area contributed by atoms with Crippen LogP contribution in [-0.2, 0) is 28.6 Å². The van der Waals surface area contributed by atoms with Crippen molar-refractivity contribution < 1.29 is 28.6 Å². The van der Waals surface area contributed by atoms with Crippen molar-refractivity contribution in [3.8, 4) is 0 Å². The third-order valence-electron chi connectivity index (χ3n) is 13.0. The second-order valence-electron chi connectivity index (χ2n) is 20.6. The molecule has 0 aromatic carbocycles. The maximum absolute atomic E-state index is 12.9. The summed E-state index contributed by atoms with van der Waals surface area (Å²) in [7, 11) is 0. The molecule has 6 nitrogen and oxygen atoms in total. The van der Waals surface area contributed by atoms with Gasteiger partial charge in [0.25, 0.3) is 0 Å². The summed E-state index contributed by atoms with van der Waals surface area (Å²) in [6, 6.07) is 0. The van der Waals surface area contributed by atoms with Gasteiger partial charge in [0.05, 0.1) is 0 Å². The molecule has 0 heterocycles. The average Bonchev–Trinajstić information content (AvgIpc) is 3.44. The molecule has 0 aliphatic rings. The second kappa shape index (κ2) is 64.8. The van der Waals surface area contributed by atoms with E-state index in [0.29, 0.717) is 19.3 Å². The molecule has 1 atom stereocenters. The average molecular weight is 1080 g/mol. The zero-order valence-electron chi connectivity index (χ0n) is 50.4. The van der Waals surface area contributed by atoms with Gasteiger partial charge in [0.15, 0.2) is 6.10 Å². The summed E-state index contributed by atoms with van der Waals surface area (Å²) >= 11 is 0. The highest BCUT2D eigenvalue weighted by Crippen LogP contribution is 2.13. The van der Waals surface area contributed by atoms with Crippen LogP contribution in [0.2, 0.25) is 0 Å². The van der Waals surface area contributed by atoms with Crippen LogP contribution in [0, 0.1) is 0 Å². The monoisotopic (exact) mass is 1080 g/mol. The lowest BCUT2D eigenvalue weighted by atomic mass is 10.1. The largest absolute Gasteiger partial charge is 0.462 e. The molecule has 1 unspecified atom stereocenters. The van der Waals surface area contributed by atoms with Gasteiger partial charge in [0.1, 0.15) is 13.2 Å². The fourth-order valence-electron chi connectivity index (χ4n) is 8.28. The van der Waals surface area contributed by atoms with Gasteiger partial charge in [-0.15, -0.1) is 0 Å². The molecule has 0 radical (unpaired) electrons. The van der Waals surface area contributed by atoms with Crippen LogP contribution in [-0.4, -0.2) is 37.2 Å². The summed E-state index contributed by atoms with van der Waals surface area (Å²) in [6.45, 7) is 6.44. The van der Waals surface area contributed by atoms with Gasteiger partial charge >= 0.3 is 17.9 Å². The van der Waals surface area contributed by atoms with Gasteiger partial charge in [-0.1, -0.05) is 250 Å². The van der Waals surface area contributed by atoms with E-state index < -0.39 is 6.10 Å². The molecule has 440 valence electrons. The lowest BCUT2D eigenvalue weighted by Gasteiger charge is -2.18. The van der Waals surface area contributed by atoms with Crippen molar-refractivity contribution in [3.63, 3.8) is 0 Å². The maximum Gasteiger partial charge on any atom is 0.306 e. The fourth-order valence-corrected chi connectivity index (χ4v) is 8.28. The third kappa shape index (κ3) is 62.1. The van der Waals surface area contributed by atoms with Crippen molar-refractivity contribution in [1.82, 2.24) is 0 Å². The van der Waals surface area contributed by atoms with Crippen LogP contribution < -0.4 is 0 Å². The molecule has 0 fully saturated rings. The van der Waals surface area contributed by atoms with E-state index in [0.717, 1.165) is 161 Å². The predicted octanol–water partition coefficient (Wildman–Crippen LogP) is 21.9. The van der Waals surface area contributed by atoms with Crippen molar-refractivity contribution in [2.45, 2.75) is 277 Å². The molecule has 0 saturated heterocycles. The summed E-state index contributed by atoms with van der Waals surface area (Å²) in [6.07, 6.45) is 92.8. The van der Waals surface area contributed by atoms with Gasteiger partial charge in [0, 0.05) is 19.3 Å². The fraction of sp³-hybridized carbons (Fsp3) is 0.625. The third-order valence-corrected chi connectivity index (χ3v) is 13.0. The number of carbonyl (C=O) groups excluding carboxylic acids is 3. The van der Waals surface area contributed by atoms with Gasteiger partial charge in [-0.3, -0.25) is 14.4 Å². The number of allylic oxidation sites excluding steroid dienone is 24. The van der Waals surface area contributed by atoms with E-state index in [1.165, 1.54) is 70.6 Å². The van der Waals surface area contributed by atoms with E-state index in [1.54, 1.807) is 0 Å². The van der Waals surface area contributed by atoms with Crippen molar-refractivity contribution in [3.05, 3.63) is 146 Å². The van der Waals surface area contributed by atoms with Crippen LogP contribution in [0.3, 0.4) is 0 Å². The zero-order chi connectivity index (χ0) is 56.4. The Balaban J connectivity index is 4.41. The summed E-state index contributed by atoms with van der Waals surface area (Å²) in [5.74, 6) is -0.961. The van der Waals surface area contributed by atoms with Crippen LogP contribution in [0.15, 0.2) is 146 Å². The Morgan fingerprint density at radius 3 is 0.808 bits per heavy atom. The number of rotatable bonds is 56. The Kier molecular flexibility index (Phi) is 60.9. The Hall–Kier alpha value is -4.71. The molecule has 0 aromatic rings. The van der Waals surface area contributed by atoms with E-state index >= 15 is 0 Å². The Morgan fingerprint density at radius 2 is 0.500 bits per heavy atom. The molecular formula is C72H116O6. The highest BCUT2D eigenvalue weighted by atomic mass is 16.6. The SMILES string of the molecule is CC/C=C\C/C=C\C/C=C\C/C=C\C/C=C\C/C=C\C/C=C\C/C=C\C/C=C\CCCCCC(=O)OCC(COC(=O)CCCCCCC/C=C\CCCCCC)OC(=O)CCCCCCC/C=C\C/C=C\CCCCCC. The van der Waals surface area contributed by atoms with Crippen LogP contribution in [0.1, 0.15) is 271 Å². The van der Waals surface area contributed by atoms with Gasteiger partial charge < -0.3 is 14.2 Å². The minimum atomic E-state index is -0.809. The molecule has 78 heavy (non-hydrogen) atoms. The maximum atomic E-state index is 12.9. The first-order chi connectivity index (χ1) is 38.5. The van der Waals surface area contributed by atoms with Gasteiger partial charge in [-0.25, -0.2) is 0 Å². The first kappa shape index (κ1) is 73.3. The van der Waals surface area contributed by atoms with E-state index in [9.17, 15) is 14.4 Å². The van der Waals surface area contributed by atoms with E-state index in [2.05, 4.69) is 167 Å². The van der Waals surface area contributed by atoms with Gasteiger partial charge in [0.2, 0.25) is 0 Å². The number of carbonyl (C=O) groups is 3. The van der Waals surface area contributed by atoms with Gasteiger partial charge in [-0.2, -0.15) is 0 Å². The molecule has 0 N–H and O–H groups in total. The molecule has 0 rings (SSSR count). The number of hydrogen-bond donors (Lipinski definition) is 0. The van der Waals surface area contributed by atoms with Crippen molar-refractivity contribution in [1.29, 1.82) is 0 Å². The van der Waals surface area contributed by atoms with Gasteiger partial charge in [-0.05, 0) is 148 Å². The summed E-state index contributed by atoms with van der Waals surface area (Å²) in [5.41, 5.74) is 0. The molecule has 0 spiro atoms. The number of esters is 3. The molecule has 0 aliphatic carbocycles. The summed E-state index contributed by atoms with van der Waals surface area (Å²) < 4.78 is 16.8.